The van der Waals surface area contributed by atoms with Crippen LogP contribution in [0, 0.1) is 0 Å². The van der Waals surface area contributed by atoms with Gasteiger partial charge in [0.1, 0.15) is 11.0 Å². The summed E-state index contributed by atoms with van der Waals surface area (Å²) in [5.41, 5.74) is 0.770. The highest BCUT2D eigenvalue weighted by molar-refractivity contribution is 9.10. The van der Waals surface area contributed by atoms with E-state index in [1.54, 1.807) is 18.9 Å². The Morgan fingerprint density at radius 1 is 1.26 bits per heavy atom. The maximum absolute atomic E-state index is 6.07. The molecule has 2 aromatic rings. The van der Waals surface area contributed by atoms with Crippen molar-refractivity contribution in [2.75, 3.05) is 7.11 Å². The zero-order valence-electron chi connectivity index (χ0n) is 10.3. The first-order chi connectivity index (χ1) is 9.20. The molecule has 0 unspecified atom stereocenters. The quantitative estimate of drug-likeness (QED) is 0.588. The van der Waals surface area contributed by atoms with Gasteiger partial charge in [-0.3, -0.25) is 0 Å². The van der Waals surface area contributed by atoms with Crippen LogP contribution < -0.4 is 0 Å². The van der Waals surface area contributed by atoms with Crippen LogP contribution in [0.4, 0.5) is 0 Å². The van der Waals surface area contributed by atoms with Gasteiger partial charge in [-0.15, -0.1) is 11.8 Å². The van der Waals surface area contributed by atoms with Crippen molar-refractivity contribution in [2.45, 2.75) is 17.3 Å². The monoisotopic (exact) mass is 358 g/mol. The number of hydrogen-bond donors (Lipinski definition) is 0. The fourth-order valence-corrected chi connectivity index (χ4v) is 2.75. The lowest BCUT2D eigenvalue weighted by Gasteiger charge is -2.07. The second kappa shape index (κ2) is 7.24. The van der Waals surface area contributed by atoms with Crippen LogP contribution in [0.5, 0.6) is 0 Å². The Balaban J connectivity index is 2.12. The number of benzene rings is 1. The van der Waals surface area contributed by atoms with E-state index in [4.69, 9.17) is 16.3 Å². The summed E-state index contributed by atoms with van der Waals surface area (Å²) in [4.78, 5) is 9.89. The van der Waals surface area contributed by atoms with Crippen LogP contribution in [0.2, 0.25) is 5.15 Å². The van der Waals surface area contributed by atoms with Gasteiger partial charge >= 0.3 is 0 Å². The molecule has 6 heteroatoms. The lowest BCUT2D eigenvalue weighted by molar-refractivity contribution is 0.180. The summed E-state index contributed by atoms with van der Waals surface area (Å²) in [6, 6.07) is 10.1. The van der Waals surface area contributed by atoms with Crippen LogP contribution in [0.1, 0.15) is 11.5 Å². The summed E-state index contributed by atoms with van der Waals surface area (Å²) in [6.45, 7) is 0.409. The van der Waals surface area contributed by atoms with Gasteiger partial charge in [-0.25, -0.2) is 9.97 Å². The minimum absolute atomic E-state index is 0.409. The van der Waals surface area contributed by atoms with E-state index in [1.807, 2.05) is 18.2 Å². The molecular weight excluding hydrogens is 348 g/mol. The average molecular weight is 360 g/mol. The van der Waals surface area contributed by atoms with Crippen LogP contribution in [0.15, 0.2) is 39.7 Å². The van der Waals surface area contributed by atoms with E-state index >= 15 is 0 Å². The van der Waals surface area contributed by atoms with Gasteiger partial charge in [-0.1, -0.05) is 29.8 Å². The number of ether oxygens (including phenoxy) is 1. The molecule has 3 nitrogen and oxygen atoms in total. The van der Waals surface area contributed by atoms with Crippen LogP contribution in [0.25, 0.3) is 0 Å². The maximum Gasteiger partial charge on any atom is 0.147 e. The molecule has 0 radical (unpaired) electrons. The molecule has 19 heavy (non-hydrogen) atoms. The smallest absolute Gasteiger partial charge is 0.147 e. The molecule has 0 aliphatic rings. The molecule has 1 aromatic heterocycles. The Hall–Kier alpha value is -0.620. The summed E-state index contributed by atoms with van der Waals surface area (Å²) in [5.74, 6) is 1.38. The number of aromatic nitrogens is 2. The van der Waals surface area contributed by atoms with Gasteiger partial charge in [0.2, 0.25) is 0 Å². The Morgan fingerprint density at radius 3 is 2.68 bits per heavy atom. The van der Waals surface area contributed by atoms with Crippen molar-refractivity contribution < 1.29 is 4.74 Å². The van der Waals surface area contributed by atoms with Crippen LogP contribution in [-0.4, -0.2) is 17.1 Å². The minimum atomic E-state index is 0.409. The zero-order chi connectivity index (χ0) is 13.7. The van der Waals surface area contributed by atoms with E-state index in [1.165, 1.54) is 4.90 Å². The highest BCUT2D eigenvalue weighted by Gasteiger charge is 2.10. The van der Waals surface area contributed by atoms with Gasteiger partial charge < -0.3 is 4.74 Å². The second-order valence-corrected chi connectivity index (χ2v) is 5.93. The third-order valence-electron chi connectivity index (χ3n) is 2.32. The lowest BCUT2D eigenvalue weighted by atomic mass is 10.4. The first kappa shape index (κ1) is 14.8. The van der Waals surface area contributed by atoms with Crippen molar-refractivity contribution in [3.05, 3.63) is 51.5 Å². The largest absolute Gasteiger partial charge is 0.378 e. The maximum atomic E-state index is 6.07. The molecule has 0 aliphatic carbocycles. The van der Waals surface area contributed by atoms with Crippen molar-refractivity contribution in [1.82, 2.24) is 9.97 Å². The summed E-state index contributed by atoms with van der Waals surface area (Å²) in [7, 11) is 1.63. The van der Waals surface area contributed by atoms with Gasteiger partial charge in [0.05, 0.1) is 22.5 Å². The fraction of sp³-hybridized carbons (Fsp3) is 0.231. The van der Waals surface area contributed by atoms with Crippen molar-refractivity contribution in [1.29, 1.82) is 0 Å². The topological polar surface area (TPSA) is 35.0 Å². The molecule has 1 heterocycles. The molecule has 0 aliphatic heterocycles. The molecule has 100 valence electrons. The zero-order valence-corrected chi connectivity index (χ0v) is 13.4. The third kappa shape index (κ3) is 4.18. The Morgan fingerprint density at radius 2 is 2.00 bits per heavy atom. The number of methoxy groups -OCH3 is 1. The molecule has 0 saturated carbocycles. The van der Waals surface area contributed by atoms with Crippen LogP contribution in [-0.2, 0) is 17.1 Å². The van der Waals surface area contributed by atoms with E-state index < -0.39 is 0 Å². The van der Waals surface area contributed by atoms with Crippen molar-refractivity contribution >= 4 is 39.3 Å². The van der Waals surface area contributed by atoms with Crippen molar-refractivity contribution in [3.63, 3.8) is 0 Å². The van der Waals surface area contributed by atoms with Gasteiger partial charge in [0.15, 0.2) is 0 Å². The number of halogens is 2. The van der Waals surface area contributed by atoms with Gasteiger partial charge in [-0.05, 0) is 28.1 Å². The number of rotatable bonds is 5. The Bertz CT molecular complexity index is 554. The normalized spacial score (nSPS) is 10.7. The van der Waals surface area contributed by atoms with Crippen LogP contribution >= 0.6 is 39.3 Å². The second-order valence-electron chi connectivity index (χ2n) is 3.73. The van der Waals surface area contributed by atoms with Crippen LogP contribution in [0.3, 0.4) is 0 Å². The predicted molar refractivity (Wildman–Crippen MR) is 81.5 cm³/mol. The SMILES string of the molecule is COCc1nc(CSc2ccccc2)nc(Cl)c1Br. The van der Waals surface area contributed by atoms with Crippen molar-refractivity contribution in [2.24, 2.45) is 0 Å². The molecule has 0 fully saturated rings. The minimum Gasteiger partial charge on any atom is -0.378 e. The molecule has 1 aromatic carbocycles. The predicted octanol–water partition coefficient (Wildman–Crippen LogP) is 4.33. The molecule has 0 bridgehead atoms. The first-order valence-corrected chi connectivity index (χ1v) is 7.74. The highest BCUT2D eigenvalue weighted by atomic mass is 79.9. The summed E-state index contributed by atoms with van der Waals surface area (Å²) in [5, 5.41) is 0.422. The Kier molecular flexibility index (Phi) is 5.63. The van der Waals surface area contributed by atoms with E-state index in [0.29, 0.717) is 27.8 Å². The number of nitrogens with zero attached hydrogens (tertiary/aromatic N) is 2. The molecule has 0 saturated heterocycles. The first-order valence-electron chi connectivity index (χ1n) is 5.58. The standard InChI is InChI=1S/C13H12BrClN2OS/c1-18-7-10-12(14)13(15)17-11(16-10)8-19-9-5-3-2-4-6-9/h2-6H,7-8H2,1H3. The lowest BCUT2D eigenvalue weighted by Crippen LogP contribution is -2.02. The average Bonchev–Trinajstić information content (AvgIpc) is 2.43. The van der Waals surface area contributed by atoms with E-state index in [0.717, 1.165) is 5.69 Å². The summed E-state index contributed by atoms with van der Waals surface area (Å²) < 4.78 is 5.79. The molecule has 0 N–H and O–H groups in total. The third-order valence-corrected chi connectivity index (χ3v) is 4.66. The van der Waals surface area contributed by atoms with Gasteiger partial charge in [0, 0.05) is 12.0 Å². The fourth-order valence-electron chi connectivity index (χ4n) is 1.47. The highest BCUT2D eigenvalue weighted by Crippen LogP contribution is 2.26. The number of hydrogen-bond acceptors (Lipinski definition) is 4. The molecule has 2 rings (SSSR count). The Labute approximate surface area is 129 Å². The van der Waals surface area contributed by atoms with Gasteiger partial charge in [0.25, 0.3) is 0 Å². The van der Waals surface area contributed by atoms with E-state index in [2.05, 4.69) is 38.0 Å². The van der Waals surface area contributed by atoms with E-state index in [-0.39, 0.29) is 0 Å². The van der Waals surface area contributed by atoms with Crippen molar-refractivity contribution in [3.8, 4) is 0 Å². The molecule has 0 amide bonds. The van der Waals surface area contributed by atoms with Gasteiger partial charge in [-0.2, -0.15) is 0 Å². The number of thioether (sulfide) groups is 1. The summed E-state index contributed by atoms with van der Waals surface area (Å²) in [6.07, 6.45) is 0. The molecular formula is C13H12BrClN2OS. The van der Waals surface area contributed by atoms with E-state index in [9.17, 15) is 0 Å². The summed E-state index contributed by atoms with van der Waals surface area (Å²) >= 11 is 11.1. The molecule has 0 atom stereocenters. The molecule has 0 spiro atoms.